The number of carbonyl (C=O) groups is 2. The maximum absolute atomic E-state index is 13.0. The number of thiophene rings is 1. The fourth-order valence-corrected chi connectivity index (χ4v) is 7.71. The summed E-state index contributed by atoms with van der Waals surface area (Å²) in [7, 11) is 0. The van der Waals surface area contributed by atoms with Gasteiger partial charge in [-0.2, -0.15) is 0 Å². The van der Waals surface area contributed by atoms with Crippen molar-refractivity contribution in [2.75, 3.05) is 6.54 Å². The number of aryl methyl sites for hydroxylation is 1. The first kappa shape index (κ1) is 25.4. The van der Waals surface area contributed by atoms with E-state index in [4.69, 9.17) is 5.73 Å². The second kappa shape index (κ2) is 10.6. The molecule has 3 N–H and O–H groups in total. The Kier molecular flexibility index (Phi) is 7.49. The zero-order valence-electron chi connectivity index (χ0n) is 21.8. The van der Waals surface area contributed by atoms with Gasteiger partial charge in [-0.25, -0.2) is 0 Å². The maximum atomic E-state index is 13.0. The predicted molar refractivity (Wildman–Crippen MR) is 141 cm³/mol. The van der Waals surface area contributed by atoms with Crippen LogP contribution in [0.1, 0.15) is 116 Å². The zero-order valence-corrected chi connectivity index (χ0v) is 22.6. The highest BCUT2D eigenvalue weighted by atomic mass is 32.1. The van der Waals surface area contributed by atoms with Crippen molar-refractivity contribution in [1.82, 2.24) is 25.0 Å². The Labute approximate surface area is 218 Å². The molecule has 0 radical (unpaired) electrons. The van der Waals surface area contributed by atoms with Crippen LogP contribution in [0.15, 0.2) is 12.1 Å². The molecule has 2 aliphatic heterocycles. The molecule has 4 heterocycles. The lowest BCUT2D eigenvalue weighted by Gasteiger charge is -2.40. The Balaban J connectivity index is 1.28. The van der Waals surface area contributed by atoms with E-state index in [2.05, 4.69) is 45.8 Å². The van der Waals surface area contributed by atoms with Gasteiger partial charge in [0.15, 0.2) is 0 Å². The fourth-order valence-electron chi connectivity index (χ4n) is 6.77. The van der Waals surface area contributed by atoms with Crippen molar-refractivity contribution in [1.29, 1.82) is 0 Å². The molecule has 2 amide bonds. The Morgan fingerprint density at radius 2 is 1.78 bits per heavy atom. The van der Waals surface area contributed by atoms with E-state index in [0.717, 1.165) is 68.0 Å². The molecule has 0 aromatic carbocycles. The summed E-state index contributed by atoms with van der Waals surface area (Å²) >= 11 is 1.42. The summed E-state index contributed by atoms with van der Waals surface area (Å²) in [6, 6.07) is 5.23. The molecule has 9 heteroatoms. The molecular weight excluding hydrogens is 472 g/mol. The van der Waals surface area contributed by atoms with Gasteiger partial charge < -0.3 is 15.6 Å². The highest BCUT2D eigenvalue weighted by Gasteiger charge is 2.42. The molecule has 2 bridgehead atoms. The second-order valence-corrected chi connectivity index (χ2v) is 12.4. The minimum Gasteiger partial charge on any atom is -0.365 e. The van der Waals surface area contributed by atoms with Crippen LogP contribution in [-0.4, -0.2) is 50.1 Å². The number of primary amides is 1. The molecule has 4 atom stereocenters. The number of rotatable bonds is 9. The van der Waals surface area contributed by atoms with Crippen molar-refractivity contribution in [2.24, 2.45) is 11.7 Å². The van der Waals surface area contributed by atoms with E-state index in [1.807, 2.05) is 6.07 Å². The lowest BCUT2D eigenvalue weighted by molar-refractivity contribution is -0.125. The Morgan fingerprint density at radius 3 is 2.39 bits per heavy atom. The van der Waals surface area contributed by atoms with Gasteiger partial charge in [-0.1, -0.05) is 26.7 Å². The van der Waals surface area contributed by atoms with Gasteiger partial charge in [0.1, 0.15) is 11.6 Å². The molecule has 5 rings (SSSR count). The minimum atomic E-state index is -0.405. The SMILES string of the molecule is Cc1nnc(C(C)C)n1C1C[C@H]2CC[C@@H](C1)N2CC[C@H](NC(=O)C1CCCC1)c1ccc(C(N)=O)s1. The first-order valence-corrected chi connectivity index (χ1v) is 14.5. The van der Waals surface area contributed by atoms with Crippen molar-refractivity contribution < 1.29 is 9.59 Å². The highest BCUT2D eigenvalue weighted by Crippen LogP contribution is 2.42. The first-order valence-electron chi connectivity index (χ1n) is 13.7. The van der Waals surface area contributed by atoms with Crippen LogP contribution < -0.4 is 11.1 Å². The fraction of sp³-hybridized carbons (Fsp3) is 0.704. The molecule has 3 aliphatic rings. The standard InChI is InChI=1S/C27H40N6O2S/c1-16(2)26-31-30-17(3)33(26)21-14-19-8-9-20(15-21)32(19)13-12-22(23-10-11-24(36-23)25(28)34)29-27(35)18-6-4-5-7-18/h10-11,16,18-22H,4-9,12-15H2,1-3H3,(H2,28,34)(H,29,35)/t19-,20+,21?,22-/m0/s1. The van der Waals surface area contributed by atoms with E-state index in [0.29, 0.717) is 28.9 Å². The molecule has 1 saturated carbocycles. The summed E-state index contributed by atoms with van der Waals surface area (Å²) in [6.07, 6.45) is 9.77. The van der Waals surface area contributed by atoms with Gasteiger partial charge >= 0.3 is 0 Å². The van der Waals surface area contributed by atoms with Gasteiger partial charge in [-0.15, -0.1) is 21.5 Å². The van der Waals surface area contributed by atoms with Crippen LogP contribution in [0.3, 0.4) is 0 Å². The van der Waals surface area contributed by atoms with Gasteiger partial charge in [0.05, 0.1) is 10.9 Å². The minimum absolute atomic E-state index is 0.0824. The molecular formula is C27H40N6O2S. The van der Waals surface area contributed by atoms with E-state index < -0.39 is 5.91 Å². The lowest BCUT2D eigenvalue weighted by atomic mass is 9.95. The number of hydrogen-bond donors (Lipinski definition) is 2. The third kappa shape index (κ3) is 5.09. The van der Waals surface area contributed by atoms with E-state index in [1.54, 1.807) is 6.07 Å². The number of fused-ring (bicyclic) bond motifs is 2. The number of hydrogen-bond acceptors (Lipinski definition) is 6. The number of aromatic nitrogens is 3. The molecule has 0 spiro atoms. The first-order chi connectivity index (χ1) is 17.3. The average molecular weight is 513 g/mol. The van der Waals surface area contributed by atoms with Crippen LogP contribution in [-0.2, 0) is 4.79 Å². The molecule has 196 valence electrons. The quantitative estimate of drug-likeness (QED) is 0.515. The average Bonchev–Trinajstić information content (AvgIpc) is 3.63. The van der Waals surface area contributed by atoms with E-state index in [9.17, 15) is 9.59 Å². The molecule has 36 heavy (non-hydrogen) atoms. The Hall–Kier alpha value is -2.26. The van der Waals surface area contributed by atoms with Crippen LogP contribution in [0.5, 0.6) is 0 Å². The van der Waals surface area contributed by atoms with E-state index in [-0.39, 0.29) is 17.9 Å². The van der Waals surface area contributed by atoms with Crippen molar-refractivity contribution >= 4 is 23.2 Å². The van der Waals surface area contributed by atoms with Crippen molar-refractivity contribution in [3.05, 3.63) is 33.5 Å². The largest absolute Gasteiger partial charge is 0.365 e. The number of nitrogens with one attached hydrogen (secondary N) is 1. The number of carbonyl (C=O) groups excluding carboxylic acids is 2. The molecule has 2 saturated heterocycles. The normalized spacial score (nSPS) is 25.5. The van der Waals surface area contributed by atoms with Gasteiger partial charge in [-0.3, -0.25) is 14.5 Å². The second-order valence-electron chi connectivity index (χ2n) is 11.3. The molecule has 3 fully saturated rings. The van der Waals surface area contributed by atoms with Gasteiger partial charge in [-0.05, 0) is 64.0 Å². The number of nitrogens with zero attached hydrogens (tertiary/aromatic N) is 4. The molecule has 1 aliphatic carbocycles. The number of nitrogens with two attached hydrogens (primary N) is 1. The monoisotopic (exact) mass is 512 g/mol. The Bertz CT molecular complexity index is 1070. The summed E-state index contributed by atoms with van der Waals surface area (Å²) in [5.74, 6) is 2.37. The molecule has 1 unspecified atom stereocenters. The number of piperidine rings is 1. The third-order valence-corrected chi connectivity index (χ3v) is 9.78. The summed E-state index contributed by atoms with van der Waals surface area (Å²) in [6.45, 7) is 7.40. The van der Waals surface area contributed by atoms with E-state index >= 15 is 0 Å². The van der Waals surface area contributed by atoms with Crippen LogP contribution in [0.4, 0.5) is 0 Å². The maximum Gasteiger partial charge on any atom is 0.258 e. The molecule has 8 nitrogen and oxygen atoms in total. The van der Waals surface area contributed by atoms with Crippen molar-refractivity contribution in [3.63, 3.8) is 0 Å². The summed E-state index contributed by atoms with van der Waals surface area (Å²) in [5, 5.41) is 12.2. The highest BCUT2D eigenvalue weighted by molar-refractivity contribution is 7.14. The predicted octanol–water partition coefficient (Wildman–Crippen LogP) is 4.48. The molecule has 2 aromatic rings. The molecule has 2 aromatic heterocycles. The zero-order chi connectivity index (χ0) is 25.4. The Morgan fingerprint density at radius 1 is 1.08 bits per heavy atom. The van der Waals surface area contributed by atoms with Gasteiger partial charge in [0, 0.05) is 41.4 Å². The van der Waals surface area contributed by atoms with Gasteiger partial charge in [0.25, 0.3) is 5.91 Å². The van der Waals surface area contributed by atoms with Crippen LogP contribution in [0.25, 0.3) is 0 Å². The third-order valence-electron chi connectivity index (χ3n) is 8.57. The lowest BCUT2D eigenvalue weighted by Crippen LogP contribution is -2.45. The smallest absolute Gasteiger partial charge is 0.258 e. The van der Waals surface area contributed by atoms with Crippen molar-refractivity contribution in [3.8, 4) is 0 Å². The van der Waals surface area contributed by atoms with Crippen molar-refractivity contribution in [2.45, 2.75) is 109 Å². The van der Waals surface area contributed by atoms with Crippen LogP contribution >= 0.6 is 11.3 Å². The summed E-state index contributed by atoms with van der Waals surface area (Å²) in [5.41, 5.74) is 5.52. The van der Waals surface area contributed by atoms with Crippen LogP contribution in [0.2, 0.25) is 0 Å². The summed E-state index contributed by atoms with van der Waals surface area (Å²) in [4.78, 5) is 29.0. The van der Waals surface area contributed by atoms with E-state index in [1.165, 1.54) is 24.2 Å². The van der Waals surface area contributed by atoms with Crippen LogP contribution in [0, 0.1) is 12.8 Å². The number of amides is 2. The van der Waals surface area contributed by atoms with Gasteiger partial charge in [0.2, 0.25) is 5.91 Å². The summed E-state index contributed by atoms with van der Waals surface area (Å²) < 4.78 is 2.40. The topological polar surface area (TPSA) is 106 Å².